The maximum Gasteiger partial charge on any atom is 0.0401 e. The third-order valence-electron chi connectivity index (χ3n) is 2.51. The SMILES string of the molecule is CC.Cc1ccc(N2CC=CC2)c(C)c1. The van der Waals surface area contributed by atoms with Gasteiger partial charge in [-0.2, -0.15) is 0 Å². The predicted molar refractivity (Wildman–Crippen MR) is 68.6 cm³/mol. The Morgan fingerprint density at radius 2 is 1.60 bits per heavy atom. The molecule has 0 aromatic heterocycles. The van der Waals surface area contributed by atoms with E-state index in [4.69, 9.17) is 0 Å². The van der Waals surface area contributed by atoms with Gasteiger partial charge < -0.3 is 4.90 Å². The Morgan fingerprint density at radius 1 is 1.00 bits per heavy atom. The summed E-state index contributed by atoms with van der Waals surface area (Å²) in [4.78, 5) is 2.38. The Bertz CT molecular complexity index is 331. The van der Waals surface area contributed by atoms with Gasteiger partial charge in [0, 0.05) is 18.8 Å². The Hall–Kier alpha value is -1.24. The molecule has 2 rings (SSSR count). The number of benzene rings is 1. The maximum absolute atomic E-state index is 2.38. The minimum Gasteiger partial charge on any atom is -0.364 e. The first kappa shape index (κ1) is 11.8. The van der Waals surface area contributed by atoms with Crippen LogP contribution in [0.25, 0.3) is 0 Å². The van der Waals surface area contributed by atoms with Gasteiger partial charge in [0.25, 0.3) is 0 Å². The minimum absolute atomic E-state index is 1.06. The lowest BCUT2D eigenvalue weighted by atomic mass is 10.1. The van der Waals surface area contributed by atoms with E-state index in [2.05, 4.69) is 49.1 Å². The molecule has 1 aliphatic heterocycles. The summed E-state index contributed by atoms with van der Waals surface area (Å²) in [7, 11) is 0. The second-order valence-corrected chi connectivity index (χ2v) is 3.67. The average Bonchev–Trinajstić information content (AvgIpc) is 2.74. The monoisotopic (exact) mass is 203 g/mol. The van der Waals surface area contributed by atoms with Gasteiger partial charge in [-0.1, -0.05) is 43.7 Å². The van der Waals surface area contributed by atoms with E-state index < -0.39 is 0 Å². The van der Waals surface area contributed by atoms with Crippen LogP contribution in [-0.4, -0.2) is 13.1 Å². The van der Waals surface area contributed by atoms with Gasteiger partial charge >= 0.3 is 0 Å². The molecule has 1 aromatic carbocycles. The second kappa shape index (κ2) is 5.59. The van der Waals surface area contributed by atoms with Crippen molar-refractivity contribution < 1.29 is 0 Å². The lowest BCUT2D eigenvalue weighted by Gasteiger charge is -2.20. The molecule has 1 aromatic rings. The van der Waals surface area contributed by atoms with Crippen molar-refractivity contribution >= 4 is 5.69 Å². The molecule has 0 saturated carbocycles. The summed E-state index contributed by atoms with van der Waals surface area (Å²) in [5.41, 5.74) is 4.09. The molecule has 1 heterocycles. The number of aryl methyl sites for hydroxylation is 2. The second-order valence-electron chi connectivity index (χ2n) is 3.67. The molecule has 82 valence electrons. The van der Waals surface area contributed by atoms with Crippen LogP contribution in [0, 0.1) is 13.8 Å². The van der Waals surface area contributed by atoms with Crippen LogP contribution in [0.15, 0.2) is 30.4 Å². The Labute approximate surface area is 93.4 Å². The van der Waals surface area contributed by atoms with Crippen molar-refractivity contribution in [3.63, 3.8) is 0 Å². The van der Waals surface area contributed by atoms with Crippen LogP contribution < -0.4 is 4.90 Å². The van der Waals surface area contributed by atoms with E-state index in [0.29, 0.717) is 0 Å². The van der Waals surface area contributed by atoms with E-state index in [-0.39, 0.29) is 0 Å². The standard InChI is InChI=1S/C12H15N.C2H6/c1-10-5-6-12(11(2)9-10)13-7-3-4-8-13;1-2/h3-6,9H,7-8H2,1-2H3;1-2H3. The van der Waals surface area contributed by atoms with Crippen LogP contribution in [0.3, 0.4) is 0 Å². The fraction of sp³-hybridized carbons (Fsp3) is 0.429. The normalized spacial score (nSPS) is 13.7. The highest BCUT2D eigenvalue weighted by atomic mass is 15.1. The van der Waals surface area contributed by atoms with Crippen LogP contribution >= 0.6 is 0 Å². The lowest BCUT2D eigenvalue weighted by molar-refractivity contribution is 0.996. The van der Waals surface area contributed by atoms with Gasteiger partial charge in [-0.05, 0) is 25.5 Å². The van der Waals surface area contributed by atoms with E-state index in [1.807, 2.05) is 13.8 Å². The molecular formula is C14H21N. The number of rotatable bonds is 1. The van der Waals surface area contributed by atoms with Crippen LogP contribution in [0.4, 0.5) is 5.69 Å². The summed E-state index contributed by atoms with van der Waals surface area (Å²) in [6.07, 6.45) is 4.44. The number of nitrogens with zero attached hydrogens (tertiary/aromatic N) is 1. The Kier molecular flexibility index (Phi) is 4.41. The molecule has 0 radical (unpaired) electrons. The summed E-state index contributed by atoms with van der Waals surface area (Å²) in [6.45, 7) is 10.4. The van der Waals surface area contributed by atoms with E-state index in [9.17, 15) is 0 Å². The summed E-state index contributed by atoms with van der Waals surface area (Å²) in [5, 5.41) is 0. The molecule has 1 nitrogen and oxygen atoms in total. The first-order valence-corrected chi connectivity index (χ1v) is 5.74. The zero-order valence-corrected chi connectivity index (χ0v) is 10.2. The van der Waals surface area contributed by atoms with Crippen LogP contribution in [0.5, 0.6) is 0 Å². The molecule has 0 saturated heterocycles. The van der Waals surface area contributed by atoms with Crippen molar-refractivity contribution in [3.8, 4) is 0 Å². The van der Waals surface area contributed by atoms with Crippen LogP contribution in [0.1, 0.15) is 25.0 Å². The topological polar surface area (TPSA) is 3.24 Å². The molecule has 0 spiro atoms. The molecule has 0 N–H and O–H groups in total. The summed E-state index contributed by atoms with van der Waals surface area (Å²) in [6, 6.07) is 6.64. The lowest BCUT2D eigenvalue weighted by Crippen LogP contribution is -2.19. The summed E-state index contributed by atoms with van der Waals surface area (Å²) >= 11 is 0. The van der Waals surface area contributed by atoms with E-state index in [1.54, 1.807) is 0 Å². The fourth-order valence-corrected chi connectivity index (χ4v) is 1.83. The molecule has 0 unspecified atom stereocenters. The van der Waals surface area contributed by atoms with Gasteiger partial charge in [0.05, 0.1) is 0 Å². The average molecular weight is 203 g/mol. The first-order chi connectivity index (χ1) is 7.27. The summed E-state index contributed by atoms with van der Waals surface area (Å²) in [5.74, 6) is 0. The highest BCUT2D eigenvalue weighted by Gasteiger charge is 2.09. The highest BCUT2D eigenvalue weighted by molar-refractivity contribution is 5.56. The van der Waals surface area contributed by atoms with Crippen LogP contribution in [0.2, 0.25) is 0 Å². The van der Waals surface area contributed by atoms with Crippen molar-refractivity contribution in [1.82, 2.24) is 0 Å². The van der Waals surface area contributed by atoms with Gasteiger partial charge in [-0.3, -0.25) is 0 Å². The third-order valence-corrected chi connectivity index (χ3v) is 2.51. The molecule has 0 fully saturated rings. The molecular weight excluding hydrogens is 182 g/mol. The largest absolute Gasteiger partial charge is 0.364 e. The predicted octanol–water partition coefficient (Wildman–Crippen LogP) is 3.71. The molecule has 0 aliphatic carbocycles. The van der Waals surface area contributed by atoms with Crippen LogP contribution in [-0.2, 0) is 0 Å². The fourth-order valence-electron chi connectivity index (χ4n) is 1.83. The van der Waals surface area contributed by atoms with Crippen molar-refractivity contribution in [3.05, 3.63) is 41.5 Å². The summed E-state index contributed by atoms with van der Waals surface area (Å²) < 4.78 is 0. The molecule has 0 amide bonds. The molecule has 0 atom stereocenters. The van der Waals surface area contributed by atoms with Gasteiger partial charge in [0.1, 0.15) is 0 Å². The van der Waals surface area contributed by atoms with Gasteiger partial charge in [0.2, 0.25) is 0 Å². The van der Waals surface area contributed by atoms with Crippen molar-refractivity contribution in [2.45, 2.75) is 27.7 Å². The number of anilines is 1. The number of hydrogen-bond acceptors (Lipinski definition) is 1. The van der Waals surface area contributed by atoms with Gasteiger partial charge in [-0.25, -0.2) is 0 Å². The molecule has 0 bridgehead atoms. The zero-order valence-electron chi connectivity index (χ0n) is 10.2. The van der Waals surface area contributed by atoms with Crippen molar-refractivity contribution in [1.29, 1.82) is 0 Å². The molecule has 15 heavy (non-hydrogen) atoms. The molecule has 1 heteroatoms. The van der Waals surface area contributed by atoms with E-state index in [0.717, 1.165) is 13.1 Å². The Balaban J connectivity index is 0.000000531. The van der Waals surface area contributed by atoms with Gasteiger partial charge in [-0.15, -0.1) is 0 Å². The first-order valence-electron chi connectivity index (χ1n) is 5.74. The van der Waals surface area contributed by atoms with Crippen molar-refractivity contribution in [2.75, 3.05) is 18.0 Å². The van der Waals surface area contributed by atoms with Crippen molar-refractivity contribution in [2.24, 2.45) is 0 Å². The smallest absolute Gasteiger partial charge is 0.0401 e. The zero-order chi connectivity index (χ0) is 11.3. The quantitative estimate of drug-likeness (QED) is 0.629. The van der Waals surface area contributed by atoms with E-state index in [1.165, 1.54) is 16.8 Å². The third kappa shape index (κ3) is 2.85. The number of hydrogen-bond donors (Lipinski definition) is 0. The Morgan fingerprint density at radius 3 is 2.13 bits per heavy atom. The van der Waals surface area contributed by atoms with E-state index >= 15 is 0 Å². The highest BCUT2D eigenvalue weighted by Crippen LogP contribution is 2.22. The maximum atomic E-state index is 2.38. The minimum atomic E-state index is 1.06. The van der Waals surface area contributed by atoms with Gasteiger partial charge in [0.15, 0.2) is 0 Å². The molecule has 1 aliphatic rings.